The number of benzene rings is 3. The molecule has 154 valence electrons. The molecule has 1 heterocycles. The number of carbonyl (C=O) groups is 1. The van der Waals surface area contributed by atoms with Crippen LogP contribution in [-0.2, 0) is 9.47 Å². The van der Waals surface area contributed by atoms with Crippen molar-refractivity contribution in [3.63, 3.8) is 0 Å². The second-order valence-corrected chi connectivity index (χ2v) is 7.66. The molecule has 0 aromatic heterocycles. The highest BCUT2D eigenvalue weighted by Gasteiger charge is 2.33. The van der Waals surface area contributed by atoms with Crippen LogP contribution in [-0.4, -0.2) is 36.2 Å². The van der Waals surface area contributed by atoms with E-state index in [0.29, 0.717) is 24.5 Å². The Labute approximate surface area is 175 Å². The fraction of sp³-hybridized carbons (Fsp3) is 0.240. The molecular formula is C25H24O5. The molecule has 0 spiro atoms. The smallest absolute Gasteiger partial charge is 0.336 e. The van der Waals surface area contributed by atoms with E-state index in [1.165, 1.54) is 0 Å². The first-order valence-electron chi connectivity index (χ1n) is 9.90. The van der Waals surface area contributed by atoms with Gasteiger partial charge in [-0.25, -0.2) is 4.79 Å². The van der Waals surface area contributed by atoms with Gasteiger partial charge in [0.15, 0.2) is 5.79 Å². The quantitative estimate of drug-likeness (QED) is 0.608. The van der Waals surface area contributed by atoms with Gasteiger partial charge < -0.3 is 19.3 Å². The summed E-state index contributed by atoms with van der Waals surface area (Å²) in [4.78, 5) is 12.1. The van der Waals surface area contributed by atoms with E-state index < -0.39 is 11.8 Å². The number of hydrogen-bond acceptors (Lipinski definition) is 4. The maximum atomic E-state index is 12.1. The first-order valence-corrected chi connectivity index (χ1v) is 9.90. The van der Waals surface area contributed by atoms with Gasteiger partial charge in [-0.1, -0.05) is 60.7 Å². The topological polar surface area (TPSA) is 65.0 Å². The zero-order chi connectivity index (χ0) is 21.1. The predicted octanol–water partition coefficient (Wildman–Crippen LogP) is 5.25. The molecule has 0 aliphatic carbocycles. The normalized spacial score (nSPS) is 17.6. The van der Waals surface area contributed by atoms with Crippen molar-refractivity contribution in [2.75, 3.05) is 13.2 Å². The van der Waals surface area contributed by atoms with Crippen molar-refractivity contribution in [2.45, 2.75) is 25.7 Å². The highest BCUT2D eigenvalue weighted by Crippen LogP contribution is 2.42. The molecule has 3 aromatic carbocycles. The van der Waals surface area contributed by atoms with E-state index in [9.17, 15) is 9.90 Å². The summed E-state index contributed by atoms with van der Waals surface area (Å²) in [5.41, 5.74) is 3.32. The van der Waals surface area contributed by atoms with Crippen LogP contribution in [0.25, 0.3) is 22.3 Å². The Morgan fingerprint density at radius 3 is 2.10 bits per heavy atom. The van der Waals surface area contributed by atoms with Gasteiger partial charge in [0, 0.05) is 11.1 Å². The van der Waals surface area contributed by atoms with E-state index in [4.69, 9.17) is 14.2 Å². The SMILES string of the molecule is CC1(C)OCC(COc2ccc(C(=O)O)c(-c3ccccc3)c2-c2ccccc2)O1. The van der Waals surface area contributed by atoms with Gasteiger partial charge in [0.25, 0.3) is 0 Å². The van der Waals surface area contributed by atoms with Crippen LogP contribution in [0.4, 0.5) is 0 Å². The van der Waals surface area contributed by atoms with Crippen molar-refractivity contribution < 1.29 is 24.1 Å². The van der Waals surface area contributed by atoms with E-state index in [1.54, 1.807) is 12.1 Å². The first-order chi connectivity index (χ1) is 14.4. The van der Waals surface area contributed by atoms with Crippen LogP contribution in [0.2, 0.25) is 0 Å². The molecule has 1 saturated heterocycles. The van der Waals surface area contributed by atoms with Crippen LogP contribution < -0.4 is 4.74 Å². The Bertz CT molecular complexity index is 1030. The fourth-order valence-corrected chi connectivity index (χ4v) is 3.71. The van der Waals surface area contributed by atoms with Crippen LogP contribution in [0.5, 0.6) is 5.75 Å². The fourth-order valence-electron chi connectivity index (χ4n) is 3.71. The Morgan fingerprint density at radius 2 is 1.57 bits per heavy atom. The van der Waals surface area contributed by atoms with E-state index in [1.807, 2.05) is 74.5 Å². The lowest BCUT2D eigenvalue weighted by Gasteiger charge is -2.20. The summed E-state index contributed by atoms with van der Waals surface area (Å²) in [6.07, 6.45) is -0.192. The van der Waals surface area contributed by atoms with Gasteiger partial charge in [0.1, 0.15) is 18.5 Å². The summed E-state index contributed by atoms with van der Waals surface area (Å²) in [5, 5.41) is 9.87. The maximum Gasteiger partial charge on any atom is 0.336 e. The van der Waals surface area contributed by atoms with Crippen molar-refractivity contribution >= 4 is 5.97 Å². The molecule has 1 fully saturated rings. The molecule has 1 aliphatic heterocycles. The van der Waals surface area contributed by atoms with Gasteiger partial charge >= 0.3 is 5.97 Å². The van der Waals surface area contributed by atoms with Crippen molar-refractivity contribution in [1.82, 2.24) is 0 Å². The van der Waals surface area contributed by atoms with Gasteiger partial charge in [-0.3, -0.25) is 0 Å². The highest BCUT2D eigenvalue weighted by molar-refractivity contribution is 6.02. The number of hydrogen-bond donors (Lipinski definition) is 1. The Kier molecular flexibility index (Phi) is 5.57. The second-order valence-electron chi connectivity index (χ2n) is 7.66. The molecule has 0 amide bonds. The summed E-state index contributed by atoms with van der Waals surface area (Å²) in [7, 11) is 0. The minimum atomic E-state index is -0.980. The lowest BCUT2D eigenvalue weighted by Crippen LogP contribution is -2.25. The Morgan fingerprint density at radius 1 is 0.967 bits per heavy atom. The minimum absolute atomic E-state index is 0.192. The molecule has 1 unspecified atom stereocenters. The largest absolute Gasteiger partial charge is 0.490 e. The van der Waals surface area contributed by atoms with Gasteiger partial charge in [-0.2, -0.15) is 0 Å². The van der Waals surface area contributed by atoms with Crippen molar-refractivity contribution in [1.29, 1.82) is 0 Å². The third kappa shape index (κ3) is 4.22. The van der Waals surface area contributed by atoms with Crippen LogP contribution >= 0.6 is 0 Å². The van der Waals surface area contributed by atoms with E-state index in [-0.39, 0.29) is 11.7 Å². The first kappa shape index (κ1) is 20.1. The molecule has 5 nitrogen and oxygen atoms in total. The monoisotopic (exact) mass is 404 g/mol. The lowest BCUT2D eigenvalue weighted by molar-refractivity contribution is -0.141. The zero-order valence-electron chi connectivity index (χ0n) is 17.0. The van der Waals surface area contributed by atoms with E-state index >= 15 is 0 Å². The molecule has 1 N–H and O–H groups in total. The van der Waals surface area contributed by atoms with Gasteiger partial charge in [-0.05, 0) is 37.1 Å². The summed E-state index contributed by atoms with van der Waals surface area (Å²) >= 11 is 0. The molecule has 0 bridgehead atoms. The van der Waals surface area contributed by atoms with Crippen LogP contribution in [0.1, 0.15) is 24.2 Å². The number of ether oxygens (including phenoxy) is 3. The third-order valence-electron chi connectivity index (χ3n) is 5.01. The summed E-state index contributed by atoms with van der Waals surface area (Å²) in [6.45, 7) is 4.51. The Hall–Kier alpha value is -3.15. The van der Waals surface area contributed by atoms with Crippen molar-refractivity contribution in [2.24, 2.45) is 0 Å². The van der Waals surface area contributed by atoms with Crippen LogP contribution in [0.15, 0.2) is 72.8 Å². The molecule has 4 rings (SSSR count). The number of carboxylic acid groups (broad SMARTS) is 1. The van der Waals surface area contributed by atoms with E-state index in [0.717, 1.165) is 16.7 Å². The van der Waals surface area contributed by atoms with Gasteiger partial charge in [-0.15, -0.1) is 0 Å². The predicted molar refractivity (Wildman–Crippen MR) is 115 cm³/mol. The highest BCUT2D eigenvalue weighted by atomic mass is 16.7. The molecule has 3 aromatic rings. The molecule has 1 atom stereocenters. The number of rotatable bonds is 6. The molecule has 5 heteroatoms. The van der Waals surface area contributed by atoms with Crippen LogP contribution in [0.3, 0.4) is 0 Å². The molecular weight excluding hydrogens is 380 g/mol. The summed E-state index contributed by atoms with van der Waals surface area (Å²) in [5.74, 6) is -0.997. The van der Waals surface area contributed by atoms with Crippen molar-refractivity contribution in [3.8, 4) is 28.0 Å². The Balaban J connectivity index is 1.81. The molecule has 0 saturated carbocycles. The average molecular weight is 404 g/mol. The standard InChI is InChI=1S/C25H24O5/c1-25(2)29-16-19(30-25)15-28-21-14-13-20(24(26)27)22(17-9-5-3-6-10-17)23(21)18-11-7-4-8-12-18/h3-14,19H,15-16H2,1-2H3,(H,26,27). The lowest BCUT2D eigenvalue weighted by atomic mass is 9.89. The van der Waals surface area contributed by atoms with Gasteiger partial charge in [0.05, 0.1) is 12.2 Å². The van der Waals surface area contributed by atoms with Gasteiger partial charge in [0.2, 0.25) is 0 Å². The maximum absolute atomic E-state index is 12.1. The van der Waals surface area contributed by atoms with E-state index in [2.05, 4.69) is 0 Å². The number of carboxylic acids is 1. The zero-order valence-corrected chi connectivity index (χ0v) is 17.0. The minimum Gasteiger partial charge on any atom is -0.490 e. The number of aromatic carboxylic acids is 1. The molecule has 0 radical (unpaired) electrons. The molecule has 30 heavy (non-hydrogen) atoms. The summed E-state index contributed by atoms with van der Waals surface area (Å²) in [6, 6.07) is 22.5. The van der Waals surface area contributed by atoms with Crippen molar-refractivity contribution in [3.05, 3.63) is 78.4 Å². The third-order valence-corrected chi connectivity index (χ3v) is 5.01. The van der Waals surface area contributed by atoms with Crippen LogP contribution in [0, 0.1) is 0 Å². The summed E-state index contributed by atoms with van der Waals surface area (Å²) < 4.78 is 17.6. The second kappa shape index (κ2) is 8.30. The molecule has 1 aliphatic rings. The average Bonchev–Trinajstić information content (AvgIpc) is 3.11.